The molecular formula is C22H28ClN5O2S. The number of hydrogen-bond acceptors (Lipinski definition) is 6. The van der Waals surface area contributed by atoms with Crippen molar-refractivity contribution in [2.45, 2.75) is 45.3 Å². The summed E-state index contributed by atoms with van der Waals surface area (Å²) in [6.07, 6.45) is 0.509. The van der Waals surface area contributed by atoms with Crippen LogP contribution in [0.1, 0.15) is 31.4 Å². The van der Waals surface area contributed by atoms with E-state index in [1.807, 2.05) is 50.8 Å². The molecule has 0 saturated carbocycles. The Morgan fingerprint density at radius 1 is 1.19 bits per heavy atom. The van der Waals surface area contributed by atoms with Crippen LogP contribution < -0.4 is 10.2 Å². The number of hydrogen-bond donors (Lipinski definition) is 1. The SMILES string of the molecule is CCC(=O)N1CCN(c2cc(Cl)nc(SCC(=O)Nc3ccc(C)c(C)c3)n2)CC1C. The highest BCUT2D eigenvalue weighted by molar-refractivity contribution is 7.99. The van der Waals surface area contributed by atoms with Crippen molar-refractivity contribution in [3.05, 3.63) is 40.5 Å². The Morgan fingerprint density at radius 3 is 2.65 bits per heavy atom. The standard InChI is InChI=1S/C22H28ClN5O2S/c1-5-21(30)28-9-8-27(12-16(28)4)19-11-18(23)25-22(26-19)31-13-20(29)24-17-7-6-14(2)15(3)10-17/h6-7,10-11,16H,5,8-9,12-13H2,1-4H3,(H,24,29). The fourth-order valence-electron chi connectivity index (χ4n) is 3.50. The Kier molecular flexibility index (Phi) is 7.78. The van der Waals surface area contributed by atoms with Crippen LogP contribution in [0.25, 0.3) is 0 Å². The van der Waals surface area contributed by atoms with Gasteiger partial charge in [0.2, 0.25) is 11.8 Å². The minimum absolute atomic E-state index is 0.0924. The number of piperazine rings is 1. The number of nitrogens with one attached hydrogen (secondary N) is 1. The highest BCUT2D eigenvalue weighted by Crippen LogP contribution is 2.24. The Labute approximate surface area is 192 Å². The first-order valence-electron chi connectivity index (χ1n) is 10.4. The number of amides is 2. The number of halogens is 1. The van der Waals surface area contributed by atoms with Gasteiger partial charge in [0.1, 0.15) is 11.0 Å². The Bertz CT molecular complexity index is 971. The molecule has 1 atom stereocenters. The average molecular weight is 462 g/mol. The van der Waals surface area contributed by atoms with E-state index in [2.05, 4.69) is 20.2 Å². The molecular weight excluding hydrogens is 434 g/mol. The normalized spacial score (nSPS) is 16.4. The fraction of sp³-hybridized carbons (Fsp3) is 0.455. The fourth-order valence-corrected chi connectivity index (χ4v) is 4.38. The van der Waals surface area contributed by atoms with Gasteiger partial charge in [-0.05, 0) is 44.0 Å². The molecule has 166 valence electrons. The lowest BCUT2D eigenvalue weighted by molar-refractivity contribution is -0.133. The van der Waals surface area contributed by atoms with Crippen molar-refractivity contribution in [3.8, 4) is 0 Å². The van der Waals surface area contributed by atoms with E-state index < -0.39 is 0 Å². The molecule has 1 aromatic heterocycles. The number of aryl methyl sites for hydroxylation is 2. The summed E-state index contributed by atoms with van der Waals surface area (Å²) < 4.78 is 0. The van der Waals surface area contributed by atoms with Crippen molar-refractivity contribution >= 4 is 46.7 Å². The van der Waals surface area contributed by atoms with E-state index in [1.54, 1.807) is 6.07 Å². The molecule has 1 aliphatic rings. The van der Waals surface area contributed by atoms with Gasteiger partial charge in [0.05, 0.1) is 5.75 Å². The molecule has 0 spiro atoms. The second-order valence-electron chi connectivity index (χ2n) is 7.70. The molecule has 1 N–H and O–H groups in total. The van der Waals surface area contributed by atoms with Gasteiger partial charge in [-0.15, -0.1) is 0 Å². The summed E-state index contributed by atoms with van der Waals surface area (Å²) in [5.41, 5.74) is 3.08. The van der Waals surface area contributed by atoms with E-state index >= 15 is 0 Å². The van der Waals surface area contributed by atoms with Crippen LogP contribution in [0.3, 0.4) is 0 Å². The third-order valence-corrected chi connectivity index (χ3v) is 6.40. The number of carbonyl (C=O) groups excluding carboxylic acids is 2. The average Bonchev–Trinajstić information content (AvgIpc) is 2.74. The molecule has 9 heteroatoms. The summed E-state index contributed by atoms with van der Waals surface area (Å²) in [6, 6.07) is 7.65. The number of aromatic nitrogens is 2. The van der Waals surface area contributed by atoms with E-state index in [-0.39, 0.29) is 23.6 Å². The number of nitrogens with zero attached hydrogens (tertiary/aromatic N) is 4. The maximum atomic E-state index is 12.4. The van der Waals surface area contributed by atoms with Crippen molar-refractivity contribution in [2.24, 2.45) is 0 Å². The molecule has 1 aliphatic heterocycles. The zero-order chi connectivity index (χ0) is 22.5. The van der Waals surface area contributed by atoms with Gasteiger partial charge >= 0.3 is 0 Å². The van der Waals surface area contributed by atoms with Gasteiger partial charge in [-0.1, -0.05) is 36.4 Å². The van der Waals surface area contributed by atoms with Gasteiger partial charge < -0.3 is 15.1 Å². The minimum Gasteiger partial charge on any atom is -0.353 e. The number of anilines is 2. The molecule has 2 aromatic rings. The number of thioether (sulfide) groups is 1. The van der Waals surface area contributed by atoms with Gasteiger partial charge in [-0.3, -0.25) is 9.59 Å². The summed E-state index contributed by atoms with van der Waals surface area (Å²) in [6.45, 7) is 9.97. The smallest absolute Gasteiger partial charge is 0.234 e. The summed E-state index contributed by atoms with van der Waals surface area (Å²) in [7, 11) is 0. The molecule has 1 fully saturated rings. The van der Waals surface area contributed by atoms with Crippen molar-refractivity contribution in [1.29, 1.82) is 0 Å². The van der Waals surface area contributed by atoms with Gasteiger partial charge in [-0.25, -0.2) is 9.97 Å². The molecule has 2 amide bonds. The molecule has 31 heavy (non-hydrogen) atoms. The van der Waals surface area contributed by atoms with Crippen LogP contribution >= 0.6 is 23.4 Å². The predicted octanol–water partition coefficient (Wildman–Crippen LogP) is 3.92. The van der Waals surface area contributed by atoms with Crippen LogP contribution in [0.5, 0.6) is 0 Å². The van der Waals surface area contributed by atoms with E-state index in [1.165, 1.54) is 17.3 Å². The lowest BCUT2D eigenvalue weighted by Crippen LogP contribution is -2.54. The highest BCUT2D eigenvalue weighted by Gasteiger charge is 2.27. The van der Waals surface area contributed by atoms with E-state index in [0.29, 0.717) is 42.2 Å². The Balaban J connectivity index is 1.61. The van der Waals surface area contributed by atoms with E-state index in [0.717, 1.165) is 11.3 Å². The minimum atomic E-state index is -0.126. The number of carbonyl (C=O) groups is 2. The van der Waals surface area contributed by atoms with Crippen LogP contribution in [0.15, 0.2) is 29.4 Å². The molecule has 1 unspecified atom stereocenters. The second-order valence-corrected chi connectivity index (χ2v) is 9.03. The third kappa shape index (κ3) is 6.11. The first-order chi connectivity index (χ1) is 14.8. The molecule has 7 nitrogen and oxygen atoms in total. The van der Waals surface area contributed by atoms with Crippen molar-refractivity contribution in [2.75, 3.05) is 35.6 Å². The largest absolute Gasteiger partial charge is 0.353 e. The first kappa shape index (κ1) is 23.3. The summed E-state index contributed by atoms with van der Waals surface area (Å²) >= 11 is 7.48. The third-order valence-electron chi connectivity index (χ3n) is 5.36. The maximum absolute atomic E-state index is 12.4. The highest BCUT2D eigenvalue weighted by atomic mass is 35.5. The Hall–Kier alpha value is -2.32. The van der Waals surface area contributed by atoms with Crippen LogP contribution in [0, 0.1) is 13.8 Å². The van der Waals surface area contributed by atoms with Gasteiger partial charge in [-0.2, -0.15) is 0 Å². The van der Waals surface area contributed by atoms with Crippen LogP contribution in [-0.4, -0.2) is 58.1 Å². The number of rotatable bonds is 6. The topological polar surface area (TPSA) is 78.4 Å². The summed E-state index contributed by atoms with van der Waals surface area (Å²) in [5, 5.41) is 3.69. The summed E-state index contributed by atoms with van der Waals surface area (Å²) in [4.78, 5) is 37.3. The monoisotopic (exact) mass is 461 g/mol. The van der Waals surface area contributed by atoms with E-state index in [9.17, 15) is 9.59 Å². The first-order valence-corrected chi connectivity index (χ1v) is 11.7. The van der Waals surface area contributed by atoms with Crippen molar-refractivity contribution in [1.82, 2.24) is 14.9 Å². The predicted molar refractivity (Wildman–Crippen MR) is 126 cm³/mol. The lowest BCUT2D eigenvalue weighted by atomic mass is 10.1. The quantitative estimate of drug-likeness (QED) is 0.399. The molecule has 0 aliphatic carbocycles. The van der Waals surface area contributed by atoms with E-state index in [4.69, 9.17) is 11.6 Å². The van der Waals surface area contributed by atoms with Gasteiger partial charge in [0.25, 0.3) is 0 Å². The lowest BCUT2D eigenvalue weighted by Gasteiger charge is -2.40. The van der Waals surface area contributed by atoms with Crippen molar-refractivity contribution in [3.63, 3.8) is 0 Å². The van der Waals surface area contributed by atoms with Gasteiger partial charge in [0, 0.05) is 43.9 Å². The second kappa shape index (κ2) is 10.3. The van der Waals surface area contributed by atoms with Gasteiger partial charge in [0.15, 0.2) is 5.16 Å². The number of benzene rings is 1. The molecule has 1 saturated heterocycles. The zero-order valence-electron chi connectivity index (χ0n) is 18.3. The zero-order valence-corrected chi connectivity index (χ0v) is 19.9. The molecule has 3 rings (SSSR count). The van der Waals surface area contributed by atoms with Crippen LogP contribution in [0.2, 0.25) is 5.15 Å². The van der Waals surface area contributed by atoms with Crippen LogP contribution in [0.4, 0.5) is 11.5 Å². The Morgan fingerprint density at radius 2 is 1.97 bits per heavy atom. The maximum Gasteiger partial charge on any atom is 0.234 e. The van der Waals surface area contributed by atoms with Crippen molar-refractivity contribution < 1.29 is 9.59 Å². The molecule has 0 bridgehead atoms. The molecule has 1 aromatic carbocycles. The van der Waals surface area contributed by atoms with Crippen LogP contribution in [-0.2, 0) is 9.59 Å². The summed E-state index contributed by atoms with van der Waals surface area (Å²) in [5.74, 6) is 0.937. The molecule has 2 heterocycles. The molecule has 0 radical (unpaired) electrons.